The lowest BCUT2D eigenvalue weighted by Crippen LogP contribution is -2.38. The molecule has 0 aliphatic carbocycles. The molecular weight excluding hydrogens is 372 g/mol. The molecule has 0 aromatic heterocycles. The van der Waals surface area contributed by atoms with Crippen molar-refractivity contribution in [2.45, 2.75) is 6.10 Å². The van der Waals surface area contributed by atoms with Crippen molar-refractivity contribution < 1.29 is 23.8 Å². The summed E-state index contributed by atoms with van der Waals surface area (Å²) in [6.45, 7) is 0.0931. The number of nitrogens with one attached hydrogen (secondary N) is 2. The minimum absolute atomic E-state index is 0.0931. The fourth-order valence-corrected chi connectivity index (χ4v) is 2.65. The summed E-state index contributed by atoms with van der Waals surface area (Å²) < 4.78 is 15.9. The average Bonchev–Trinajstić information content (AvgIpc) is 2.68. The van der Waals surface area contributed by atoms with Gasteiger partial charge in [-0.15, -0.1) is 0 Å². The van der Waals surface area contributed by atoms with E-state index < -0.39 is 17.9 Å². The van der Waals surface area contributed by atoms with Crippen molar-refractivity contribution >= 4 is 29.1 Å². The molecule has 8 heteroatoms. The van der Waals surface area contributed by atoms with Crippen LogP contribution in [0.1, 0.15) is 11.7 Å². The summed E-state index contributed by atoms with van der Waals surface area (Å²) in [5.74, 6) is -0.629. The van der Waals surface area contributed by atoms with Crippen LogP contribution < -0.4 is 20.1 Å². The quantitative estimate of drug-likeness (QED) is 0.708. The van der Waals surface area contributed by atoms with E-state index in [1.807, 2.05) is 18.2 Å². The third-order valence-electron chi connectivity index (χ3n) is 3.83. The van der Waals surface area contributed by atoms with E-state index in [1.54, 1.807) is 25.3 Å². The zero-order valence-electron chi connectivity index (χ0n) is 15.2. The topological polar surface area (TPSA) is 85.9 Å². The van der Waals surface area contributed by atoms with Gasteiger partial charge in [0.05, 0.1) is 19.9 Å². The largest absolute Gasteiger partial charge is 0.496 e. The number of benzene rings is 2. The molecule has 0 saturated carbocycles. The highest BCUT2D eigenvalue weighted by atomic mass is 35.5. The minimum atomic E-state index is -0.842. The third kappa shape index (κ3) is 5.35. The molecule has 2 rings (SSSR count). The predicted octanol–water partition coefficient (Wildman–Crippen LogP) is 2.80. The highest BCUT2D eigenvalue weighted by Gasteiger charge is 2.20. The van der Waals surface area contributed by atoms with Gasteiger partial charge < -0.3 is 24.8 Å². The van der Waals surface area contributed by atoms with E-state index in [1.165, 1.54) is 20.3 Å². The van der Waals surface area contributed by atoms with Gasteiger partial charge in [-0.3, -0.25) is 9.59 Å². The highest BCUT2D eigenvalue weighted by Crippen LogP contribution is 2.28. The second-order valence-electron chi connectivity index (χ2n) is 5.48. The van der Waals surface area contributed by atoms with Crippen molar-refractivity contribution in [3.8, 4) is 11.5 Å². The van der Waals surface area contributed by atoms with E-state index in [4.69, 9.17) is 25.8 Å². The summed E-state index contributed by atoms with van der Waals surface area (Å²) in [6, 6.07) is 12.0. The van der Waals surface area contributed by atoms with Gasteiger partial charge in [-0.2, -0.15) is 0 Å². The van der Waals surface area contributed by atoms with Crippen LogP contribution in [0.2, 0.25) is 5.02 Å². The van der Waals surface area contributed by atoms with E-state index in [-0.39, 0.29) is 6.54 Å². The molecule has 7 nitrogen and oxygen atoms in total. The van der Waals surface area contributed by atoms with Gasteiger partial charge in [0.1, 0.15) is 17.6 Å². The molecule has 0 unspecified atom stereocenters. The molecule has 27 heavy (non-hydrogen) atoms. The normalized spacial score (nSPS) is 11.4. The van der Waals surface area contributed by atoms with Crippen molar-refractivity contribution in [3.63, 3.8) is 0 Å². The number of rotatable bonds is 7. The lowest BCUT2D eigenvalue weighted by molar-refractivity contribution is -0.136. The van der Waals surface area contributed by atoms with Crippen LogP contribution in [0.25, 0.3) is 0 Å². The smallest absolute Gasteiger partial charge is 0.313 e. The number of anilines is 1. The van der Waals surface area contributed by atoms with E-state index in [0.29, 0.717) is 22.2 Å². The Morgan fingerprint density at radius 1 is 1.00 bits per heavy atom. The molecule has 144 valence electrons. The molecular formula is C19H21ClN2O5. The van der Waals surface area contributed by atoms with Gasteiger partial charge in [0.25, 0.3) is 0 Å². The molecule has 2 N–H and O–H groups in total. The number of hydrogen-bond acceptors (Lipinski definition) is 5. The van der Waals surface area contributed by atoms with Crippen LogP contribution in [0.4, 0.5) is 5.69 Å². The van der Waals surface area contributed by atoms with Crippen molar-refractivity contribution in [2.75, 3.05) is 33.2 Å². The summed E-state index contributed by atoms with van der Waals surface area (Å²) in [7, 11) is 4.52. The van der Waals surface area contributed by atoms with Gasteiger partial charge >= 0.3 is 11.8 Å². The monoisotopic (exact) mass is 392 g/mol. The van der Waals surface area contributed by atoms with Crippen molar-refractivity contribution in [1.82, 2.24) is 5.32 Å². The molecule has 2 aromatic carbocycles. The van der Waals surface area contributed by atoms with Crippen LogP contribution in [0.15, 0.2) is 42.5 Å². The van der Waals surface area contributed by atoms with E-state index in [2.05, 4.69) is 10.6 Å². The van der Waals surface area contributed by atoms with Crippen LogP contribution in [-0.2, 0) is 14.3 Å². The molecule has 1 atom stereocenters. The number of ether oxygens (including phenoxy) is 3. The summed E-state index contributed by atoms with van der Waals surface area (Å²) >= 11 is 5.92. The van der Waals surface area contributed by atoms with Crippen LogP contribution in [-0.4, -0.2) is 39.7 Å². The molecule has 0 bridgehead atoms. The van der Waals surface area contributed by atoms with Gasteiger partial charge in [0.2, 0.25) is 0 Å². The predicted molar refractivity (Wildman–Crippen MR) is 102 cm³/mol. The van der Waals surface area contributed by atoms with Crippen LogP contribution in [0.3, 0.4) is 0 Å². The Bertz CT molecular complexity index is 812. The van der Waals surface area contributed by atoms with E-state index in [0.717, 1.165) is 5.56 Å². The van der Waals surface area contributed by atoms with Gasteiger partial charge in [-0.1, -0.05) is 29.8 Å². The first-order valence-electron chi connectivity index (χ1n) is 8.08. The lowest BCUT2D eigenvalue weighted by atomic mass is 10.1. The van der Waals surface area contributed by atoms with Gasteiger partial charge in [-0.25, -0.2) is 0 Å². The first-order chi connectivity index (χ1) is 13.0. The Hall–Kier alpha value is -2.77. The van der Waals surface area contributed by atoms with Crippen molar-refractivity contribution in [1.29, 1.82) is 0 Å². The molecule has 0 saturated heterocycles. The maximum absolute atomic E-state index is 12.2. The lowest BCUT2D eigenvalue weighted by Gasteiger charge is -2.19. The molecule has 0 fully saturated rings. The zero-order valence-corrected chi connectivity index (χ0v) is 16.0. The molecule has 0 radical (unpaired) electrons. The molecule has 2 aromatic rings. The van der Waals surface area contributed by atoms with Crippen LogP contribution >= 0.6 is 11.6 Å². The Morgan fingerprint density at radius 3 is 2.37 bits per heavy atom. The Kier molecular flexibility index (Phi) is 7.45. The minimum Gasteiger partial charge on any atom is -0.496 e. The second-order valence-corrected chi connectivity index (χ2v) is 5.91. The molecule has 0 spiro atoms. The van der Waals surface area contributed by atoms with Crippen LogP contribution in [0, 0.1) is 0 Å². The number of para-hydroxylation sites is 1. The first-order valence-corrected chi connectivity index (χ1v) is 8.46. The maximum Gasteiger partial charge on any atom is 0.313 e. The molecule has 2 amide bonds. The standard InChI is InChI=1S/C19H21ClN2O5/c1-25-15-7-5-4-6-13(15)17(27-3)11-21-18(23)19(24)22-14-10-12(20)8-9-16(14)26-2/h4-10,17H,11H2,1-3H3,(H,21,23)(H,22,24)/t17-/m1/s1. The van der Waals surface area contributed by atoms with Gasteiger partial charge in [0, 0.05) is 24.2 Å². The van der Waals surface area contributed by atoms with Crippen LogP contribution in [0.5, 0.6) is 11.5 Å². The summed E-state index contributed by atoms with van der Waals surface area (Å²) in [4.78, 5) is 24.3. The molecule has 0 aliphatic heterocycles. The van der Waals surface area contributed by atoms with Gasteiger partial charge in [0.15, 0.2) is 0 Å². The Labute approximate surface area is 162 Å². The van der Waals surface area contributed by atoms with E-state index in [9.17, 15) is 9.59 Å². The van der Waals surface area contributed by atoms with E-state index >= 15 is 0 Å². The maximum atomic E-state index is 12.2. The summed E-state index contributed by atoms with van der Waals surface area (Å²) in [5.41, 5.74) is 1.07. The number of carbonyl (C=O) groups is 2. The third-order valence-corrected chi connectivity index (χ3v) is 4.07. The van der Waals surface area contributed by atoms with Crippen molar-refractivity contribution in [2.24, 2.45) is 0 Å². The fraction of sp³-hybridized carbons (Fsp3) is 0.263. The second kappa shape index (κ2) is 9.80. The Balaban J connectivity index is 2.02. The molecule has 0 heterocycles. The number of carbonyl (C=O) groups excluding carboxylic acids is 2. The summed E-state index contributed by atoms with van der Waals surface area (Å²) in [6.07, 6.45) is -0.474. The molecule has 0 aliphatic rings. The highest BCUT2D eigenvalue weighted by molar-refractivity contribution is 6.40. The fourth-order valence-electron chi connectivity index (χ4n) is 2.48. The average molecular weight is 393 g/mol. The number of methoxy groups -OCH3 is 3. The Morgan fingerprint density at radius 2 is 1.70 bits per heavy atom. The number of halogens is 1. The number of amides is 2. The summed E-state index contributed by atoms with van der Waals surface area (Å²) in [5, 5.41) is 5.44. The van der Waals surface area contributed by atoms with Gasteiger partial charge in [-0.05, 0) is 24.3 Å². The van der Waals surface area contributed by atoms with Crippen molar-refractivity contribution in [3.05, 3.63) is 53.1 Å². The first kappa shape index (κ1) is 20.5. The number of hydrogen-bond donors (Lipinski definition) is 2. The zero-order chi connectivity index (χ0) is 19.8. The SMILES string of the molecule is COc1ccc(Cl)cc1NC(=O)C(=O)NC[C@@H](OC)c1ccccc1OC.